The summed E-state index contributed by atoms with van der Waals surface area (Å²) in [7, 11) is -3.78. The van der Waals surface area contributed by atoms with E-state index in [0.29, 0.717) is 18.4 Å². The maximum atomic E-state index is 12.8. The van der Waals surface area contributed by atoms with Gasteiger partial charge in [0.1, 0.15) is 0 Å². The van der Waals surface area contributed by atoms with Crippen molar-refractivity contribution in [1.29, 1.82) is 0 Å². The number of carbonyl (C=O) groups excluding carboxylic acids is 1. The number of aryl methyl sites for hydroxylation is 1. The molecule has 0 aliphatic carbocycles. The third-order valence-electron chi connectivity index (χ3n) is 4.88. The molecule has 0 bridgehead atoms. The van der Waals surface area contributed by atoms with E-state index in [4.69, 9.17) is 5.11 Å². The second-order valence-corrected chi connectivity index (χ2v) is 8.68. The molecule has 1 heterocycles. The molecule has 142 valence electrons. The van der Waals surface area contributed by atoms with Gasteiger partial charge in [0, 0.05) is 24.6 Å². The smallest absolute Gasteiger partial charge is 0.335 e. The van der Waals surface area contributed by atoms with Gasteiger partial charge < -0.3 is 5.11 Å². The Labute approximate surface area is 158 Å². The number of carbonyl (C=O) groups is 2. The van der Waals surface area contributed by atoms with Crippen LogP contribution in [0.5, 0.6) is 0 Å². The van der Waals surface area contributed by atoms with E-state index in [0.717, 1.165) is 5.56 Å². The topological polar surface area (TPSA) is 91.8 Å². The van der Waals surface area contributed by atoms with Gasteiger partial charge >= 0.3 is 5.97 Å². The minimum atomic E-state index is -3.78. The summed E-state index contributed by atoms with van der Waals surface area (Å²) in [5, 5.41) is 9.06. The number of sulfonamides is 1. The Bertz CT molecular complexity index is 958. The summed E-state index contributed by atoms with van der Waals surface area (Å²) in [6, 6.07) is 12.7. The van der Waals surface area contributed by atoms with Crippen LogP contribution in [0.1, 0.15) is 39.1 Å². The minimum absolute atomic E-state index is 0.0364. The van der Waals surface area contributed by atoms with Crippen molar-refractivity contribution in [2.75, 3.05) is 13.1 Å². The zero-order valence-corrected chi connectivity index (χ0v) is 15.8. The Hall–Kier alpha value is -2.51. The van der Waals surface area contributed by atoms with E-state index >= 15 is 0 Å². The fourth-order valence-corrected chi connectivity index (χ4v) is 4.77. The van der Waals surface area contributed by atoms with Crippen molar-refractivity contribution < 1.29 is 23.1 Å². The highest BCUT2D eigenvalue weighted by atomic mass is 32.2. The number of hydrogen-bond donors (Lipinski definition) is 1. The van der Waals surface area contributed by atoms with Crippen LogP contribution in [-0.2, 0) is 10.0 Å². The number of benzene rings is 2. The molecule has 27 heavy (non-hydrogen) atoms. The Kier molecular flexibility index (Phi) is 5.43. The van der Waals surface area contributed by atoms with Gasteiger partial charge in [-0.3, -0.25) is 4.79 Å². The Morgan fingerprint density at radius 3 is 2.22 bits per heavy atom. The average molecular weight is 387 g/mol. The van der Waals surface area contributed by atoms with Gasteiger partial charge in [0.2, 0.25) is 10.0 Å². The van der Waals surface area contributed by atoms with Crippen molar-refractivity contribution in [3.8, 4) is 0 Å². The maximum Gasteiger partial charge on any atom is 0.335 e. The minimum Gasteiger partial charge on any atom is -0.478 e. The zero-order valence-electron chi connectivity index (χ0n) is 15.0. The summed E-state index contributed by atoms with van der Waals surface area (Å²) in [5.74, 6) is -1.33. The predicted molar refractivity (Wildman–Crippen MR) is 100 cm³/mol. The molecule has 0 aromatic heterocycles. The summed E-state index contributed by atoms with van der Waals surface area (Å²) in [6.07, 6.45) is 0.898. The van der Waals surface area contributed by atoms with E-state index in [-0.39, 0.29) is 35.2 Å². The van der Waals surface area contributed by atoms with Gasteiger partial charge in [-0.15, -0.1) is 0 Å². The largest absolute Gasteiger partial charge is 0.478 e. The molecule has 0 unspecified atom stereocenters. The number of carboxylic acid groups (broad SMARTS) is 1. The lowest BCUT2D eigenvalue weighted by Gasteiger charge is -2.30. The third-order valence-corrected chi connectivity index (χ3v) is 6.77. The molecule has 1 aliphatic rings. The second kappa shape index (κ2) is 7.62. The van der Waals surface area contributed by atoms with Gasteiger partial charge in [-0.05, 0) is 38.0 Å². The molecule has 1 fully saturated rings. The molecular weight excluding hydrogens is 366 g/mol. The quantitative estimate of drug-likeness (QED) is 0.797. The van der Waals surface area contributed by atoms with Gasteiger partial charge in [0.25, 0.3) is 0 Å². The van der Waals surface area contributed by atoms with Crippen LogP contribution < -0.4 is 0 Å². The van der Waals surface area contributed by atoms with Crippen LogP contribution in [0.15, 0.2) is 53.4 Å². The van der Waals surface area contributed by atoms with Crippen LogP contribution >= 0.6 is 0 Å². The van der Waals surface area contributed by atoms with Crippen LogP contribution in [0.4, 0.5) is 0 Å². The van der Waals surface area contributed by atoms with Gasteiger partial charge in [0.15, 0.2) is 5.78 Å². The summed E-state index contributed by atoms with van der Waals surface area (Å²) < 4.78 is 26.9. The molecule has 1 aliphatic heterocycles. The maximum absolute atomic E-state index is 12.8. The Balaban J connectivity index is 1.71. The molecule has 3 rings (SSSR count). The fourth-order valence-electron chi connectivity index (χ4n) is 3.25. The van der Waals surface area contributed by atoms with Crippen molar-refractivity contribution in [2.45, 2.75) is 24.7 Å². The van der Waals surface area contributed by atoms with Crippen molar-refractivity contribution in [2.24, 2.45) is 5.92 Å². The van der Waals surface area contributed by atoms with Gasteiger partial charge in [-0.25, -0.2) is 13.2 Å². The first kappa shape index (κ1) is 19.3. The van der Waals surface area contributed by atoms with Crippen molar-refractivity contribution >= 4 is 21.8 Å². The molecule has 2 aromatic carbocycles. The molecule has 0 spiro atoms. The Morgan fingerprint density at radius 2 is 1.63 bits per heavy atom. The van der Waals surface area contributed by atoms with Crippen molar-refractivity contribution in [3.63, 3.8) is 0 Å². The second-order valence-electron chi connectivity index (χ2n) is 6.74. The molecule has 6 nitrogen and oxygen atoms in total. The van der Waals surface area contributed by atoms with Gasteiger partial charge in [-0.2, -0.15) is 4.31 Å². The van der Waals surface area contributed by atoms with E-state index in [1.54, 1.807) is 12.1 Å². The van der Waals surface area contributed by atoms with Crippen molar-refractivity contribution in [1.82, 2.24) is 4.31 Å². The zero-order chi connectivity index (χ0) is 19.6. The van der Waals surface area contributed by atoms with Gasteiger partial charge in [0.05, 0.1) is 10.5 Å². The van der Waals surface area contributed by atoms with Crippen LogP contribution in [-0.4, -0.2) is 42.7 Å². The lowest BCUT2D eigenvalue weighted by atomic mass is 9.89. The SMILES string of the molecule is Cc1ccc(C(=O)C2CCN(S(=O)(=O)c3cccc(C(=O)O)c3)CC2)cc1. The first-order valence-corrected chi connectivity index (χ1v) is 10.2. The molecule has 0 saturated carbocycles. The highest BCUT2D eigenvalue weighted by Gasteiger charge is 2.32. The number of hydrogen-bond acceptors (Lipinski definition) is 4. The molecular formula is C20H21NO5S. The van der Waals surface area contributed by atoms with E-state index in [1.165, 1.54) is 28.6 Å². The number of nitrogens with zero attached hydrogens (tertiary/aromatic N) is 1. The van der Waals surface area contributed by atoms with Crippen LogP contribution in [0, 0.1) is 12.8 Å². The predicted octanol–water partition coefficient (Wildman–Crippen LogP) is 2.98. The lowest BCUT2D eigenvalue weighted by molar-refractivity contribution is 0.0696. The first-order chi connectivity index (χ1) is 12.8. The van der Waals surface area contributed by atoms with E-state index in [9.17, 15) is 18.0 Å². The van der Waals surface area contributed by atoms with Crippen LogP contribution in [0.2, 0.25) is 0 Å². The van der Waals surface area contributed by atoms with Crippen LogP contribution in [0.3, 0.4) is 0 Å². The molecule has 0 atom stereocenters. The Morgan fingerprint density at radius 1 is 1.00 bits per heavy atom. The summed E-state index contributed by atoms with van der Waals surface area (Å²) >= 11 is 0. The van der Waals surface area contributed by atoms with Crippen LogP contribution in [0.25, 0.3) is 0 Å². The monoisotopic (exact) mass is 387 g/mol. The number of Topliss-reactive ketones (excluding diaryl/α,β-unsaturated/α-hetero) is 1. The molecule has 0 amide bonds. The van der Waals surface area contributed by atoms with E-state index in [1.807, 2.05) is 19.1 Å². The number of aromatic carboxylic acids is 1. The number of piperidine rings is 1. The molecule has 7 heteroatoms. The number of ketones is 1. The third kappa shape index (κ3) is 4.09. The molecule has 1 saturated heterocycles. The average Bonchev–Trinajstić information content (AvgIpc) is 2.68. The summed E-state index contributed by atoms with van der Waals surface area (Å²) in [6.45, 7) is 2.43. The van der Waals surface area contributed by atoms with Gasteiger partial charge in [-0.1, -0.05) is 35.9 Å². The van der Waals surface area contributed by atoms with E-state index < -0.39 is 16.0 Å². The van der Waals surface area contributed by atoms with E-state index in [2.05, 4.69) is 0 Å². The standard InChI is InChI=1S/C20H21NO5S/c1-14-5-7-15(8-6-14)19(22)16-9-11-21(12-10-16)27(25,26)18-4-2-3-17(13-18)20(23)24/h2-8,13,16H,9-12H2,1H3,(H,23,24). The summed E-state index contributed by atoms with van der Waals surface area (Å²) in [4.78, 5) is 23.7. The number of carboxylic acids is 1. The highest BCUT2D eigenvalue weighted by molar-refractivity contribution is 7.89. The summed E-state index contributed by atoms with van der Waals surface area (Å²) in [5.41, 5.74) is 1.66. The molecule has 0 radical (unpaired) electrons. The molecule has 1 N–H and O–H groups in total. The fraction of sp³-hybridized carbons (Fsp3) is 0.300. The number of rotatable bonds is 5. The lowest BCUT2D eigenvalue weighted by Crippen LogP contribution is -2.40. The first-order valence-electron chi connectivity index (χ1n) is 8.73. The normalized spacial score (nSPS) is 16.2. The highest BCUT2D eigenvalue weighted by Crippen LogP contribution is 2.26. The van der Waals surface area contributed by atoms with Crippen molar-refractivity contribution in [3.05, 3.63) is 65.2 Å². The molecule has 2 aromatic rings.